The van der Waals surface area contributed by atoms with Crippen LogP contribution < -0.4 is 0 Å². The van der Waals surface area contributed by atoms with Gasteiger partial charge >= 0.3 is 11.9 Å². The third-order valence-corrected chi connectivity index (χ3v) is 9.55. The number of aliphatic hydroxyl groups excluding tert-OH is 4. The number of aliphatic hydroxyl groups is 4. The van der Waals surface area contributed by atoms with Crippen LogP contribution in [0.25, 0.3) is 0 Å². The van der Waals surface area contributed by atoms with Crippen LogP contribution in [0.4, 0.5) is 0 Å². The molecule has 10 nitrogen and oxygen atoms in total. The zero-order chi connectivity index (χ0) is 43.0. The van der Waals surface area contributed by atoms with E-state index < -0.39 is 55.4 Å². The van der Waals surface area contributed by atoms with E-state index in [1.54, 1.807) is 0 Å². The van der Waals surface area contributed by atoms with Crippen molar-refractivity contribution in [3.05, 3.63) is 97.2 Å². The highest BCUT2D eigenvalue weighted by Crippen LogP contribution is 2.22. The van der Waals surface area contributed by atoms with Gasteiger partial charge < -0.3 is 39.4 Å². The summed E-state index contributed by atoms with van der Waals surface area (Å²) in [5, 5.41) is 40.0. The second-order valence-electron chi connectivity index (χ2n) is 14.9. The van der Waals surface area contributed by atoms with Crippen molar-refractivity contribution in [1.29, 1.82) is 0 Å². The van der Waals surface area contributed by atoms with Crippen molar-refractivity contribution in [2.24, 2.45) is 0 Å². The fourth-order valence-electron chi connectivity index (χ4n) is 6.00. The van der Waals surface area contributed by atoms with Crippen molar-refractivity contribution in [3.63, 3.8) is 0 Å². The molecule has 334 valence electrons. The number of rotatable bonds is 35. The van der Waals surface area contributed by atoms with Crippen LogP contribution in [0.15, 0.2) is 97.2 Å². The molecule has 0 aromatic rings. The minimum absolute atomic E-state index is 0.173. The molecule has 3 unspecified atom stereocenters. The van der Waals surface area contributed by atoms with Crippen molar-refractivity contribution in [1.82, 2.24) is 0 Å². The quantitative estimate of drug-likeness (QED) is 0.0210. The lowest BCUT2D eigenvalue weighted by Crippen LogP contribution is -2.59. The van der Waals surface area contributed by atoms with Gasteiger partial charge in [0.15, 0.2) is 12.4 Å². The summed E-state index contributed by atoms with van der Waals surface area (Å²) in [4.78, 5) is 25.3. The summed E-state index contributed by atoms with van der Waals surface area (Å²) >= 11 is 0. The first-order chi connectivity index (χ1) is 28.8. The molecule has 0 aromatic heterocycles. The summed E-state index contributed by atoms with van der Waals surface area (Å²) in [5.74, 6) is -0.885. The zero-order valence-corrected chi connectivity index (χ0v) is 36.2. The van der Waals surface area contributed by atoms with Crippen LogP contribution in [-0.2, 0) is 28.5 Å². The largest absolute Gasteiger partial charge is 0.462 e. The van der Waals surface area contributed by atoms with E-state index in [4.69, 9.17) is 18.9 Å². The summed E-state index contributed by atoms with van der Waals surface area (Å²) in [6, 6.07) is 0. The Hall–Kier alpha value is -3.38. The molecule has 1 aliphatic rings. The minimum atomic E-state index is -1.61. The van der Waals surface area contributed by atoms with Gasteiger partial charge in [-0.05, 0) is 77.0 Å². The number of hydrogen-bond donors (Lipinski definition) is 4. The first-order valence-electron chi connectivity index (χ1n) is 22.4. The van der Waals surface area contributed by atoms with Crippen LogP contribution >= 0.6 is 0 Å². The fourth-order valence-corrected chi connectivity index (χ4v) is 6.00. The average molecular weight is 827 g/mol. The Balaban J connectivity index is 2.36. The molecular weight excluding hydrogens is 749 g/mol. The maximum absolute atomic E-state index is 12.7. The minimum Gasteiger partial charge on any atom is -0.462 e. The standard InChI is InChI=1S/C49H78O10/c1-3-5-7-9-11-13-15-17-18-19-20-21-22-23-24-26-27-29-31-33-35-37-44(51)56-40-42(41-57-49-48(55)47(54)46(53)43(39-50)59-49)58-45(52)38-36-34-32-30-28-25-16-14-12-10-8-6-4-2/h6,8,10-14,16-18,20-21,23-25,28,42-43,46-50,53-55H,3-5,7,9,15,19,22,26-27,29-41H2,1-2H3/b8-6+,12-10+,13-11+,16-14+,18-17+,21-20+,24-23+,28-25+/t42?,43-,46+,47?,48?,49-/m0/s1. The molecule has 10 heteroatoms. The summed E-state index contributed by atoms with van der Waals surface area (Å²) in [6.45, 7) is 3.16. The monoisotopic (exact) mass is 827 g/mol. The fraction of sp³-hybridized carbons (Fsp3) is 0.633. The van der Waals surface area contributed by atoms with Crippen molar-refractivity contribution in [3.8, 4) is 0 Å². The van der Waals surface area contributed by atoms with Gasteiger partial charge in [-0.2, -0.15) is 0 Å². The van der Waals surface area contributed by atoms with Gasteiger partial charge in [-0.1, -0.05) is 150 Å². The van der Waals surface area contributed by atoms with Crippen LogP contribution in [0, 0.1) is 0 Å². The number of allylic oxidation sites excluding steroid dienone is 16. The zero-order valence-electron chi connectivity index (χ0n) is 36.2. The number of ether oxygens (including phenoxy) is 4. The van der Waals surface area contributed by atoms with Crippen LogP contribution in [0.3, 0.4) is 0 Å². The maximum Gasteiger partial charge on any atom is 0.306 e. The lowest BCUT2D eigenvalue weighted by Gasteiger charge is -2.39. The summed E-state index contributed by atoms with van der Waals surface area (Å²) < 4.78 is 22.1. The third kappa shape index (κ3) is 30.3. The summed E-state index contributed by atoms with van der Waals surface area (Å²) in [6.07, 6.45) is 44.1. The van der Waals surface area contributed by atoms with Gasteiger partial charge in [0.25, 0.3) is 0 Å². The molecule has 0 spiro atoms. The molecule has 1 heterocycles. The average Bonchev–Trinajstić information content (AvgIpc) is 3.23. The lowest BCUT2D eigenvalue weighted by atomic mass is 9.99. The molecule has 6 atom stereocenters. The molecule has 1 saturated heterocycles. The molecule has 0 saturated carbocycles. The Morgan fingerprint density at radius 2 is 1.07 bits per heavy atom. The van der Waals surface area contributed by atoms with Gasteiger partial charge in [0.1, 0.15) is 31.0 Å². The summed E-state index contributed by atoms with van der Waals surface area (Å²) in [7, 11) is 0. The van der Waals surface area contributed by atoms with Crippen LogP contribution in [-0.4, -0.2) is 89.0 Å². The highest BCUT2D eigenvalue weighted by Gasteiger charge is 2.44. The van der Waals surface area contributed by atoms with E-state index in [9.17, 15) is 30.0 Å². The van der Waals surface area contributed by atoms with E-state index in [-0.39, 0.29) is 26.1 Å². The van der Waals surface area contributed by atoms with E-state index >= 15 is 0 Å². The first-order valence-corrected chi connectivity index (χ1v) is 22.4. The van der Waals surface area contributed by atoms with E-state index in [0.29, 0.717) is 12.8 Å². The van der Waals surface area contributed by atoms with E-state index in [1.807, 2.05) is 36.5 Å². The summed E-state index contributed by atoms with van der Waals surface area (Å²) in [5.41, 5.74) is 0. The molecule has 0 aromatic carbocycles. The number of carbonyl (C=O) groups is 2. The van der Waals surface area contributed by atoms with Crippen molar-refractivity contribution in [2.45, 2.75) is 179 Å². The smallest absolute Gasteiger partial charge is 0.306 e. The molecule has 0 bridgehead atoms. The number of hydrogen-bond acceptors (Lipinski definition) is 10. The topological polar surface area (TPSA) is 152 Å². The molecule has 0 aliphatic carbocycles. The number of carbonyl (C=O) groups excluding carboxylic acids is 2. The van der Waals surface area contributed by atoms with Gasteiger partial charge in [0.05, 0.1) is 13.2 Å². The van der Waals surface area contributed by atoms with E-state index in [0.717, 1.165) is 77.0 Å². The van der Waals surface area contributed by atoms with Gasteiger partial charge in [-0.25, -0.2) is 0 Å². The highest BCUT2D eigenvalue weighted by molar-refractivity contribution is 5.70. The second-order valence-corrected chi connectivity index (χ2v) is 14.9. The van der Waals surface area contributed by atoms with Gasteiger partial charge in [0.2, 0.25) is 0 Å². The molecule has 1 fully saturated rings. The highest BCUT2D eigenvalue weighted by atomic mass is 16.7. The van der Waals surface area contributed by atoms with Crippen LogP contribution in [0.5, 0.6) is 0 Å². The molecule has 1 rings (SSSR count). The Bertz CT molecular complexity index is 1280. The molecule has 1 aliphatic heterocycles. The van der Waals surface area contributed by atoms with E-state index in [2.05, 4.69) is 74.6 Å². The van der Waals surface area contributed by atoms with Crippen molar-refractivity contribution >= 4 is 11.9 Å². The van der Waals surface area contributed by atoms with Gasteiger partial charge in [-0.3, -0.25) is 9.59 Å². The van der Waals surface area contributed by atoms with E-state index in [1.165, 1.54) is 25.7 Å². The third-order valence-electron chi connectivity index (χ3n) is 9.55. The Labute approximate surface area is 356 Å². The predicted octanol–water partition coefficient (Wildman–Crippen LogP) is 9.55. The Kier molecular flexibility index (Phi) is 35.3. The molecule has 59 heavy (non-hydrogen) atoms. The SMILES string of the molecule is CC/C=C/C=C/C=C/C=C/CCCCCC(=O)OC(COC(=O)CCCCCCC/C=C/C/C=C/C/C=C/C/C=C/CCCCC)CO[C@H]1O[C@@H](CO)[C@@H](O)C(O)C1O. The molecule has 0 amide bonds. The number of unbranched alkanes of at least 4 members (excludes halogenated alkanes) is 11. The maximum atomic E-state index is 12.7. The molecule has 4 N–H and O–H groups in total. The van der Waals surface area contributed by atoms with Crippen molar-refractivity contribution < 1.29 is 49.0 Å². The van der Waals surface area contributed by atoms with Crippen LogP contribution in [0.1, 0.15) is 142 Å². The second kappa shape index (κ2) is 38.8. The normalized spacial score (nSPS) is 20.9. The number of esters is 2. The van der Waals surface area contributed by atoms with Gasteiger partial charge in [-0.15, -0.1) is 0 Å². The van der Waals surface area contributed by atoms with Crippen LogP contribution in [0.2, 0.25) is 0 Å². The molecule has 0 radical (unpaired) electrons. The lowest BCUT2D eigenvalue weighted by molar-refractivity contribution is -0.305. The predicted molar refractivity (Wildman–Crippen MR) is 237 cm³/mol. The first kappa shape index (κ1) is 53.6. The Morgan fingerprint density at radius 3 is 1.68 bits per heavy atom. The molecular formula is C49H78O10. The van der Waals surface area contributed by atoms with Crippen molar-refractivity contribution in [2.75, 3.05) is 19.8 Å². The van der Waals surface area contributed by atoms with Gasteiger partial charge in [0, 0.05) is 12.8 Å². The Morgan fingerprint density at radius 1 is 0.559 bits per heavy atom.